The molecule has 2 unspecified atom stereocenters. The normalized spacial score (nSPS) is 27.6. The molecule has 0 aromatic carbocycles. The zero-order chi connectivity index (χ0) is 13.9. The fraction of sp³-hybridized carbons (Fsp3) is 0.750. The Hall–Kier alpha value is -0.380. The monoisotopic (exact) mass is 280 g/mol. The number of thiophene rings is 1. The maximum absolute atomic E-state index is 6.26. The van der Waals surface area contributed by atoms with Gasteiger partial charge in [0.1, 0.15) is 0 Å². The van der Waals surface area contributed by atoms with Crippen LogP contribution in [0.25, 0.3) is 0 Å². The van der Waals surface area contributed by atoms with Gasteiger partial charge in [-0.25, -0.2) is 0 Å². The minimum absolute atomic E-state index is 0.229. The molecule has 1 heterocycles. The van der Waals surface area contributed by atoms with Crippen LogP contribution < -0.4 is 5.73 Å². The van der Waals surface area contributed by atoms with Crippen LogP contribution in [0.4, 0.5) is 0 Å². The molecule has 2 nitrogen and oxygen atoms in total. The standard InChI is InChI=1S/C16H28N2S/c1-4-14-7-5-9-16(14,12-17)18(13(2)3)11-15-8-6-10-19-15/h6,8,10,13-14H,4-5,7,9,11-12,17H2,1-3H3. The first-order valence-corrected chi connectivity index (χ1v) is 8.51. The molecule has 2 atom stereocenters. The van der Waals surface area contributed by atoms with Gasteiger partial charge in [-0.2, -0.15) is 0 Å². The molecule has 1 aliphatic carbocycles. The van der Waals surface area contributed by atoms with Crippen LogP contribution in [0.15, 0.2) is 17.5 Å². The van der Waals surface area contributed by atoms with Gasteiger partial charge in [0.15, 0.2) is 0 Å². The topological polar surface area (TPSA) is 29.3 Å². The van der Waals surface area contributed by atoms with Crippen LogP contribution in [-0.2, 0) is 6.54 Å². The molecule has 1 aromatic heterocycles. The Morgan fingerprint density at radius 2 is 2.32 bits per heavy atom. The first-order valence-electron chi connectivity index (χ1n) is 7.63. The largest absolute Gasteiger partial charge is 0.329 e. The predicted octanol–water partition coefficient (Wildman–Crippen LogP) is 3.87. The van der Waals surface area contributed by atoms with Gasteiger partial charge in [-0.05, 0) is 44.1 Å². The second-order valence-electron chi connectivity index (χ2n) is 6.11. The van der Waals surface area contributed by atoms with E-state index in [9.17, 15) is 0 Å². The van der Waals surface area contributed by atoms with Crippen LogP contribution in [0, 0.1) is 5.92 Å². The molecule has 1 aliphatic rings. The van der Waals surface area contributed by atoms with Crippen molar-refractivity contribution in [3.05, 3.63) is 22.4 Å². The van der Waals surface area contributed by atoms with Crippen LogP contribution >= 0.6 is 11.3 Å². The molecule has 0 spiro atoms. The fourth-order valence-electron chi connectivity index (χ4n) is 3.90. The summed E-state index contributed by atoms with van der Waals surface area (Å²) in [6, 6.07) is 4.96. The summed E-state index contributed by atoms with van der Waals surface area (Å²) >= 11 is 1.86. The molecular formula is C16H28N2S. The van der Waals surface area contributed by atoms with Crippen LogP contribution in [0.2, 0.25) is 0 Å². The highest BCUT2D eigenvalue weighted by molar-refractivity contribution is 7.09. The number of hydrogen-bond donors (Lipinski definition) is 1. The molecule has 0 amide bonds. The average Bonchev–Trinajstić information content (AvgIpc) is 3.04. The molecule has 0 bridgehead atoms. The zero-order valence-corrected chi connectivity index (χ0v) is 13.4. The first-order chi connectivity index (χ1) is 9.14. The second-order valence-corrected chi connectivity index (χ2v) is 7.14. The van der Waals surface area contributed by atoms with E-state index in [2.05, 4.69) is 43.2 Å². The Bertz CT molecular complexity index is 374. The van der Waals surface area contributed by atoms with Crippen molar-refractivity contribution in [1.29, 1.82) is 0 Å². The summed E-state index contributed by atoms with van der Waals surface area (Å²) in [5, 5.41) is 2.18. The van der Waals surface area contributed by atoms with Crippen molar-refractivity contribution in [1.82, 2.24) is 4.90 Å². The van der Waals surface area contributed by atoms with Crippen molar-refractivity contribution in [2.24, 2.45) is 11.7 Å². The quantitative estimate of drug-likeness (QED) is 0.857. The zero-order valence-electron chi connectivity index (χ0n) is 12.6. The van der Waals surface area contributed by atoms with E-state index in [1.807, 2.05) is 11.3 Å². The summed E-state index contributed by atoms with van der Waals surface area (Å²) in [6.45, 7) is 8.81. The maximum atomic E-state index is 6.26. The van der Waals surface area contributed by atoms with E-state index in [-0.39, 0.29) is 5.54 Å². The number of hydrogen-bond acceptors (Lipinski definition) is 3. The van der Waals surface area contributed by atoms with Crippen molar-refractivity contribution in [2.75, 3.05) is 6.54 Å². The van der Waals surface area contributed by atoms with E-state index in [0.717, 1.165) is 19.0 Å². The molecule has 0 aliphatic heterocycles. The molecule has 3 heteroatoms. The SMILES string of the molecule is CCC1CCCC1(CN)N(Cc1cccs1)C(C)C. The van der Waals surface area contributed by atoms with Crippen LogP contribution in [0.3, 0.4) is 0 Å². The lowest BCUT2D eigenvalue weighted by atomic mass is 9.82. The van der Waals surface area contributed by atoms with Crippen molar-refractivity contribution >= 4 is 11.3 Å². The first kappa shape index (κ1) is 15.0. The van der Waals surface area contributed by atoms with Gasteiger partial charge < -0.3 is 5.73 Å². The smallest absolute Gasteiger partial charge is 0.0366 e. The molecule has 2 rings (SSSR count). The van der Waals surface area contributed by atoms with E-state index in [1.54, 1.807) is 0 Å². The minimum Gasteiger partial charge on any atom is -0.329 e. The number of nitrogens with two attached hydrogens (primary N) is 1. The summed E-state index contributed by atoms with van der Waals surface area (Å²) in [5.41, 5.74) is 6.49. The lowest BCUT2D eigenvalue weighted by Crippen LogP contribution is -2.58. The predicted molar refractivity (Wildman–Crippen MR) is 84.4 cm³/mol. The van der Waals surface area contributed by atoms with E-state index in [1.165, 1.54) is 30.6 Å². The highest BCUT2D eigenvalue weighted by Gasteiger charge is 2.46. The van der Waals surface area contributed by atoms with Crippen LogP contribution in [0.1, 0.15) is 51.3 Å². The minimum atomic E-state index is 0.229. The molecule has 19 heavy (non-hydrogen) atoms. The molecule has 2 N–H and O–H groups in total. The van der Waals surface area contributed by atoms with Gasteiger partial charge in [-0.15, -0.1) is 11.3 Å². The Labute approximate surface area is 122 Å². The summed E-state index contributed by atoms with van der Waals surface area (Å²) in [7, 11) is 0. The van der Waals surface area contributed by atoms with Gasteiger partial charge >= 0.3 is 0 Å². The Kier molecular flexibility index (Phi) is 5.04. The number of nitrogens with zero attached hydrogens (tertiary/aromatic N) is 1. The molecule has 108 valence electrons. The van der Waals surface area contributed by atoms with Gasteiger partial charge in [0.25, 0.3) is 0 Å². The van der Waals surface area contributed by atoms with Crippen LogP contribution in [-0.4, -0.2) is 23.0 Å². The number of rotatable bonds is 6. The Morgan fingerprint density at radius 3 is 2.84 bits per heavy atom. The van der Waals surface area contributed by atoms with E-state index in [4.69, 9.17) is 5.73 Å². The van der Waals surface area contributed by atoms with Crippen molar-refractivity contribution in [2.45, 2.75) is 64.6 Å². The molecule has 1 aromatic rings. The summed E-state index contributed by atoms with van der Waals surface area (Å²) in [6.07, 6.45) is 5.21. The molecule has 0 radical (unpaired) electrons. The van der Waals surface area contributed by atoms with Crippen molar-refractivity contribution < 1.29 is 0 Å². The van der Waals surface area contributed by atoms with Crippen molar-refractivity contribution in [3.63, 3.8) is 0 Å². The van der Waals surface area contributed by atoms with E-state index < -0.39 is 0 Å². The van der Waals surface area contributed by atoms with Gasteiger partial charge in [0.2, 0.25) is 0 Å². The third kappa shape index (κ3) is 2.88. The van der Waals surface area contributed by atoms with Crippen LogP contribution in [0.5, 0.6) is 0 Å². The second kappa shape index (κ2) is 6.38. The van der Waals surface area contributed by atoms with Gasteiger partial charge in [-0.1, -0.05) is 25.8 Å². The van der Waals surface area contributed by atoms with E-state index >= 15 is 0 Å². The Morgan fingerprint density at radius 1 is 1.53 bits per heavy atom. The summed E-state index contributed by atoms with van der Waals surface area (Å²) in [5.74, 6) is 0.764. The highest BCUT2D eigenvalue weighted by atomic mass is 32.1. The lowest BCUT2D eigenvalue weighted by Gasteiger charge is -2.47. The lowest BCUT2D eigenvalue weighted by molar-refractivity contribution is 0.0213. The van der Waals surface area contributed by atoms with Crippen molar-refractivity contribution in [3.8, 4) is 0 Å². The highest BCUT2D eigenvalue weighted by Crippen LogP contribution is 2.43. The molecule has 0 saturated heterocycles. The molecular weight excluding hydrogens is 252 g/mol. The van der Waals surface area contributed by atoms with E-state index in [0.29, 0.717) is 6.04 Å². The fourth-order valence-corrected chi connectivity index (χ4v) is 4.60. The summed E-state index contributed by atoms with van der Waals surface area (Å²) in [4.78, 5) is 4.14. The molecule has 1 fully saturated rings. The Balaban J connectivity index is 2.25. The van der Waals surface area contributed by atoms with Gasteiger partial charge in [-0.3, -0.25) is 4.90 Å². The third-order valence-electron chi connectivity index (χ3n) is 4.87. The van der Waals surface area contributed by atoms with Gasteiger partial charge in [0, 0.05) is 29.5 Å². The average molecular weight is 280 g/mol. The third-order valence-corrected chi connectivity index (χ3v) is 5.73. The molecule has 1 saturated carbocycles. The van der Waals surface area contributed by atoms with Gasteiger partial charge in [0.05, 0.1) is 0 Å². The summed E-state index contributed by atoms with van der Waals surface area (Å²) < 4.78 is 0. The maximum Gasteiger partial charge on any atom is 0.0366 e.